The summed E-state index contributed by atoms with van der Waals surface area (Å²) < 4.78 is 5.55. The third kappa shape index (κ3) is 2.40. The van der Waals surface area contributed by atoms with E-state index in [4.69, 9.17) is 62.7 Å². The lowest BCUT2D eigenvalue weighted by atomic mass is 9.99. The van der Waals surface area contributed by atoms with Gasteiger partial charge in [0.1, 0.15) is 17.5 Å². The molecule has 0 saturated carbocycles. The third-order valence-electron chi connectivity index (χ3n) is 2.89. The number of H-pyrrole nitrogens is 1. The monoisotopic (exact) mass is 367 g/mol. The number of nitrogens with one attached hydrogen (secondary N) is 1. The van der Waals surface area contributed by atoms with E-state index in [0.717, 1.165) is 5.57 Å². The number of halogens is 5. The largest absolute Gasteiger partial charge is 0.486 e. The number of aromatic nitrogens is 1. The summed E-state index contributed by atoms with van der Waals surface area (Å²) in [6, 6.07) is 5.06. The second-order valence-corrected chi connectivity index (χ2v) is 6.26. The summed E-state index contributed by atoms with van der Waals surface area (Å²) in [4.78, 5) is 2.97. The molecule has 0 aliphatic carbocycles. The fourth-order valence-corrected chi connectivity index (χ4v) is 3.20. The molecule has 1 N–H and O–H groups in total. The van der Waals surface area contributed by atoms with Gasteiger partial charge >= 0.3 is 0 Å². The molecule has 7 heteroatoms. The van der Waals surface area contributed by atoms with Crippen LogP contribution in [0.1, 0.15) is 11.3 Å². The second kappa shape index (κ2) is 5.36. The Morgan fingerprint density at radius 2 is 1.70 bits per heavy atom. The van der Waals surface area contributed by atoms with Gasteiger partial charge < -0.3 is 9.72 Å². The minimum absolute atomic E-state index is 0.222. The van der Waals surface area contributed by atoms with Crippen molar-refractivity contribution in [2.24, 2.45) is 0 Å². The lowest BCUT2D eigenvalue weighted by Gasteiger charge is -2.22. The molecule has 20 heavy (non-hydrogen) atoms. The predicted molar refractivity (Wildman–Crippen MR) is 84.6 cm³/mol. The number of rotatable bonds is 1. The van der Waals surface area contributed by atoms with E-state index < -0.39 is 0 Å². The molecule has 0 saturated heterocycles. The third-order valence-corrected chi connectivity index (χ3v) is 4.38. The lowest BCUT2D eigenvalue weighted by molar-refractivity contribution is 0.354. The average Bonchev–Trinajstić information content (AvgIpc) is 2.68. The minimum Gasteiger partial charge on any atom is -0.486 e. The van der Waals surface area contributed by atoms with Gasteiger partial charge in [-0.05, 0) is 18.2 Å². The number of fused-ring (bicyclic) bond motifs is 1. The minimum atomic E-state index is 0.222. The first-order chi connectivity index (χ1) is 9.47. The van der Waals surface area contributed by atoms with Gasteiger partial charge in [0.05, 0.1) is 20.8 Å². The molecular weight excluding hydrogens is 363 g/mol. The van der Waals surface area contributed by atoms with Crippen molar-refractivity contribution in [3.8, 4) is 5.75 Å². The van der Waals surface area contributed by atoms with Crippen LogP contribution in [0.2, 0.25) is 20.2 Å². The highest BCUT2D eigenvalue weighted by atomic mass is 35.5. The number of ether oxygens (including phenoxy) is 1. The van der Waals surface area contributed by atoms with Crippen LogP contribution in [0.15, 0.2) is 23.2 Å². The Kier molecular flexibility index (Phi) is 3.87. The highest BCUT2D eigenvalue weighted by Gasteiger charge is 2.25. The number of hydrogen-bond donors (Lipinski definition) is 1. The molecule has 1 aromatic carbocycles. The van der Waals surface area contributed by atoms with E-state index in [0.29, 0.717) is 42.3 Å². The molecule has 1 aliphatic rings. The molecule has 104 valence electrons. The van der Waals surface area contributed by atoms with Gasteiger partial charge in [-0.3, -0.25) is 0 Å². The van der Waals surface area contributed by atoms with E-state index in [9.17, 15) is 0 Å². The van der Waals surface area contributed by atoms with Crippen LogP contribution in [-0.4, -0.2) is 11.6 Å². The predicted octanol–water partition coefficient (Wildman–Crippen LogP) is 6.02. The SMILES string of the molecule is ClC1=C(c2cc(Cl)c(Cl)[nH]2)c2cc(Cl)cc(Cl)c2OC1. The van der Waals surface area contributed by atoms with Crippen LogP contribution in [0.5, 0.6) is 5.75 Å². The van der Waals surface area contributed by atoms with Crippen LogP contribution in [0.25, 0.3) is 5.57 Å². The van der Waals surface area contributed by atoms with Gasteiger partial charge in [-0.25, -0.2) is 0 Å². The first-order valence-electron chi connectivity index (χ1n) is 5.52. The quantitative estimate of drug-likeness (QED) is 0.653. The van der Waals surface area contributed by atoms with Crippen molar-refractivity contribution >= 4 is 63.6 Å². The maximum atomic E-state index is 6.27. The molecule has 2 nitrogen and oxygen atoms in total. The standard InChI is InChI=1S/C13H6Cl5NO/c14-5-1-6-11(10-3-8(16)13(18)19-10)9(17)4-20-12(6)7(15)2-5/h1-3,19H,4H2. The summed E-state index contributed by atoms with van der Waals surface area (Å²) in [6.45, 7) is 0.222. The Bertz CT molecular complexity index is 715. The van der Waals surface area contributed by atoms with Crippen molar-refractivity contribution in [2.45, 2.75) is 0 Å². The van der Waals surface area contributed by atoms with E-state index in [1.54, 1.807) is 18.2 Å². The van der Waals surface area contributed by atoms with E-state index in [1.165, 1.54) is 0 Å². The van der Waals surface area contributed by atoms with Crippen LogP contribution in [0, 0.1) is 0 Å². The molecular formula is C13H6Cl5NO. The molecule has 0 atom stereocenters. The zero-order valence-corrected chi connectivity index (χ0v) is 13.5. The summed E-state index contributed by atoms with van der Waals surface area (Å²) in [5.74, 6) is 0.539. The van der Waals surface area contributed by atoms with E-state index in [-0.39, 0.29) is 6.61 Å². The smallest absolute Gasteiger partial charge is 0.146 e. The Balaban J connectivity index is 2.25. The molecule has 0 unspecified atom stereocenters. The number of aromatic amines is 1. The summed E-state index contributed by atoms with van der Waals surface area (Å²) in [5, 5.41) is 2.20. The maximum Gasteiger partial charge on any atom is 0.146 e. The highest BCUT2D eigenvalue weighted by molar-refractivity contribution is 6.42. The van der Waals surface area contributed by atoms with E-state index in [2.05, 4.69) is 4.98 Å². The zero-order chi connectivity index (χ0) is 14.4. The lowest BCUT2D eigenvalue weighted by Crippen LogP contribution is -2.10. The first kappa shape index (κ1) is 14.4. The summed E-state index contributed by atoms with van der Waals surface area (Å²) in [7, 11) is 0. The summed E-state index contributed by atoms with van der Waals surface area (Å²) in [6.07, 6.45) is 0. The van der Waals surface area contributed by atoms with Gasteiger partial charge in [0.2, 0.25) is 0 Å². The molecule has 1 aromatic heterocycles. The van der Waals surface area contributed by atoms with Crippen molar-refractivity contribution in [3.05, 3.63) is 54.7 Å². The van der Waals surface area contributed by atoms with Crippen molar-refractivity contribution in [1.82, 2.24) is 4.98 Å². The number of benzene rings is 1. The second-order valence-electron chi connectivity index (χ2n) is 4.18. The van der Waals surface area contributed by atoms with E-state index >= 15 is 0 Å². The van der Waals surface area contributed by atoms with Gasteiger partial charge in [0.15, 0.2) is 0 Å². The summed E-state index contributed by atoms with van der Waals surface area (Å²) in [5.41, 5.74) is 2.12. The summed E-state index contributed by atoms with van der Waals surface area (Å²) >= 11 is 30.4. The Morgan fingerprint density at radius 3 is 2.35 bits per heavy atom. The van der Waals surface area contributed by atoms with Crippen molar-refractivity contribution in [3.63, 3.8) is 0 Å². The molecule has 0 radical (unpaired) electrons. The maximum absolute atomic E-state index is 6.27. The van der Waals surface area contributed by atoms with Crippen molar-refractivity contribution < 1.29 is 4.74 Å². The van der Waals surface area contributed by atoms with Crippen LogP contribution >= 0.6 is 58.0 Å². The molecule has 2 heterocycles. The van der Waals surface area contributed by atoms with Gasteiger partial charge in [0, 0.05) is 16.2 Å². The number of hydrogen-bond acceptors (Lipinski definition) is 1. The average molecular weight is 369 g/mol. The van der Waals surface area contributed by atoms with Crippen LogP contribution < -0.4 is 4.74 Å². The van der Waals surface area contributed by atoms with Gasteiger partial charge in [-0.15, -0.1) is 0 Å². The fourth-order valence-electron chi connectivity index (χ4n) is 2.08. The topological polar surface area (TPSA) is 25.0 Å². The first-order valence-corrected chi connectivity index (χ1v) is 7.41. The van der Waals surface area contributed by atoms with Gasteiger partial charge in [-0.1, -0.05) is 58.0 Å². The molecule has 0 amide bonds. The molecule has 1 aliphatic heterocycles. The van der Waals surface area contributed by atoms with Crippen LogP contribution in [-0.2, 0) is 0 Å². The Morgan fingerprint density at radius 1 is 0.950 bits per heavy atom. The zero-order valence-electron chi connectivity index (χ0n) is 9.74. The molecule has 2 aromatic rings. The van der Waals surface area contributed by atoms with Crippen molar-refractivity contribution in [1.29, 1.82) is 0 Å². The highest BCUT2D eigenvalue weighted by Crippen LogP contribution is 2.44. The Hall–Kier alpha value is -0.510. The van der Waals surface area contributed by atoms with Crippen LogP contribution in [0.3, 0.4) is 0 Å². The van der Waals surface area contributed by atoms with Gasteiger partial charge in [0.25, 0.3) is 0 Å². The molecule has 0 fully saturated rings. The molecule has 0 bridgehead atoms. The van der Waals surface area contributed by atoms with Crippen molar-refractivity contribution in [2.75, 3.05) is 6.61 Å². The fraction of sp³-hybridized carbons (Fsp3) is 0.0769. The molecule has 3 rings (SSSR count). The normalized spacial score (nSPS) is 14.2. The van der Waals surface area contributed by atoms with Gasteiger partial charge in [-0.2, -0.15) is 0 Å². The Labute approximate surface area is 140 Å². The van der Waals surface area contributed by atoms with Crippen LogP contribution in [0.4, 0.5) is 0 Å². The molecule has 0 spiro atoms. The van der Waals surface area contributed by atoms with E-state index in [1.807, 2.05) is 0 Å².